The normalized spacial score (nSPS) is 20.7. The van der Waals surface area contributed by atoms with Crippen LogP contribution in [-0.4, -0.2) is 18.1 Å². The molecular formula is C4H5N2P. The summed E-state index contributed by atoms with van der Waals surface area (Å²) in [6, 6.07) is 2.11. The molecule has 1 N–H and O–H groups in total. The van der Waals surface area contributed by atoms with Crippen LogP contribution in [0.3, 0.4) is 0 Å². The molecule has 0 radical (unpaired) electrons. The van der Waals surface area contributed by atoms with Crippen LogP contribution in [0, 0.1) is 11.3 Å². The maximum atomic E-state index is 8.23. The maximum Gasteiger partial charge on any atom is 0.101 e. The van der Waals surface area contributed by atoms with Crippen LogP contribution < -0.4 is 5.32 Å². The molecule has 0 aromatic heterocycles. The van der Waals surface area contributed by atoms with Crippen LogP contribution >= 0.6 is 8.20 Å². The van der Waals surface area contributed by atoms with Crippen LogP contribution in [0.25, 0.3) is 0 Å². The second-order valence-electron chi connectivity index (χ2n) is 1.30. The molecular weight excluding hydrogens is 107 g/mol. The summed E-state index contributed by atoms with van der Waals surface area (Å²) in [6.45, 7) is 0.804. The van der Waals surface area contributed by atoms with Crippen LogP contribution in [0.2, 0.25) is 0 Å². The van der Waals surface area contributed by atoms with E-state index < -0.39 is 0 Å². The van der Waals surface area contributed by atoms with Crippen molar-refractivity contribution in [2.75, 3.05) is 12.8 Å². The highest BCUT2D eigenvalue weighted by Crippen LogP contribution is 2.01. The molecule has 0 saturated carbocycles. The molecule has 2 nitrogen and oxygen atoms in total. The lowest BCUT2D eigenvalue weighted by Gasteiger charge is -1.80. The zero-order valence-corrected chi connectivity index (χ0v) is 4.70. The first-order valence-electron chi connectivity index (χ1n) is 2.07. The van der Waals surface area contributed by atoms with Gasteiger partial charge in [-0.1, -0.05) is 8.20 Å². The van der Waals surface area contributed by atoms with E-state index in [0.717, 1.165) is 18.1 Å². The SMILES string of the molecule is N#CC1=PCNC1. The van der Waals surface area contributed by atoms with E-state index in [9.17, 15) is 0 Å². The van der Waals surface area contributed by atoms with Crippen LogP contribution in [-0.2, 0) is 0 Å². The Balaban J connectivity index is 2.57. The van der Waals surface area contributed by atoms with Crippen molar-refractivity contribution in [3.05, 3.63) is 0 Å². The first-order chi connectivity index (χ1) is 3.43. The van der Waals surface area contributed by atoms with Gasteiger partial charge in [0.15, 0.2) is 0 Å². The summed E-state index contributed by atoms with van der Waals surface area (Å²) in [7, 11) is 1.17. The van der Waals surface area contributed by atoms with E-state index in [0.29, 0.717) is 0 Å². The zero-order chi connectivity index (χ0) is 5.11. The minimum Gasteiger partial charge on any atom is -0.304 e. The molecule has 36 valence electrons. The molecule has 7 heavy (non-hydrogen) atoms. The fraction of sp³-hybridized carbons (Fsp3) is 0.500. The van der Waals surface area contributed by atoms with Gasteiger partial charge in [0.2, 0.25) is 0 Å². The summed E-state index contributed by atoms with van der Waals surface area (Å²) in [5.74, 6) is 0. The number of nitrogens with one attached hydrogen (secondary N) is 1. The van der Waals surface area contributed by atoms with Gasteiger partial charge in [-0.15, -0.1) is 0 Å². The fourth-order valence-corrected chi connectivity index (χ4v) is 1.17. The monoisotopic (exact) mass is 112 g/mol. The van der Waals surface area contributed by atoms with Gasteiger partial charge < -0.3 is 5.32 Å². The Bertz CT molecular complexity index is 133. The number of hydrogen-bond acceptors (Lipinski definition) is 2. The molecule has 0 atom stereocenters. The van der Waals surface area contributed by atoms with Crippen molar-refractivity contribution in [3.63, 3.8) is 0 Å². The maximum absolute atomic E-state index is 8.23. The van der Waals surface area contributed by atoms with E-state index in [1.165, 1.54) is 8.20 Å². The summed E-state index contributed by atoms with van der Waals surface area (Å²) in [4.78, 5) is 0. The molecule has 0 aliphatic carbocycles. The summed E-state index contributed by atoms with van der Waals surface area (Å²) < 4.78 is 0. The first-order valence-corrected chi connectivity index (χ1v) is 3.15. The summed E-state index contributed by atoms with van der Waals surface area (Å²) in [6.07, 6.45) is 0.961. The number of rotatable bonds is 0. The molecule has 0 aromatic carbocycles. The molecule has 3 heteroatoms. The smallest absolute Gasteiger partial charge is 0.101 e. The van der Waals surface area contributed by atoms with E-state index in [1.54, 1.807) is 0 Å². The van der Waals surface area contributed by atoms with Crippen molar-refractivity contribution in [2.45, 2.75) is 0 Å². The fourth-order valence-electron chi connectivity index (χ4n) is 0.456. The lowest BCUT2D eigenvalue weighted by atomic mass is 10.5. The van der Waals surface area contributed by atoms with Gasteiger partial charge in [0.1, 0.15) is 6.07 Å². The highest BCUT2D eigenvalue weighted by Gasteiger charge is 1.99. The Morgan fingerprint density at radius 3 is 3.00 bits per heavy atom. The van der Waals surface area contributed by atoms with Gasteiger partial charge in [-0.2, -0.15) is 5.26 Å². The largest absolute Gasteiger partial charge is 0.304 e. The van der Waals surface area contributed by atoms with E-state index in [2.05, 4.69) is 11.4 Å². The Labute approximate surface area is 43.9 Å². The van der Waals surface area contributed by atoms with Crippen LogP contribution in [0.15, 0.2) is 0 Å². The average Bonchev–Trinajstić information content (AvgIpc) is 2.14. The first kappa shape index (κ1) is 4.77. The lowest BCUT2D eigenvalue weighted by Crippen LogP contribution is -2.11. The second-order valence-corrected chi connectivity index (χ2v) is 2.47. The molecule has 0 bridgehead atoms. The van der Waals surface area contributed by atoms with Gasteiger partial charge >= 0.3 is 0 Å². The highest BCUT2D eigenvalue weighted by atomic mass is 31.1. The van der Waals surface area contributed by atoms with Crippen LogP contribution in [0.1, 0.15) is 0 Å². The highest BCUT2D eigenvalue weighted by molar-refractivity contribution is 7.42. The summed E-state index contributed by atoms with van der Waals surface area (Å²) in [5, 5.41) is 12.2. The summed E-state index contributed by atoms with van der Waals surface area (Å²) >= 11 is 0. The molecule has 0 spiro atoms. The van der Waals surface area contributed by atoms with E-state index in [4.69, 9.17) is 5.26 Å². The Morgan fingerprint density at radius 1 is 1.86 bits per heavy atom. The van der Waals surface area contributed by atoms with Crippen LogP contribution in [0.4, 0.5) is 0 Å². The molecule has 1 rings (SSSR count). The quantitative estimate of drug-likeness (QED) is 0.454. The summed E-state index contributed by atoms with van der Waals surface area (Å²) in [5.41, 5.74) is 0. The van der Waals surface area contributed by atoms with Crippen molar-refractivity contribution >= 4 is 13.5 Å². The third-order valence-corrected chi connectivity index (χ3v) is 1.82. The van der Waals surface area contributed by atoms with Gasteiger partial charge in [-0.25, -0.2) is 0 Å². The molecule has 1 aliphatic rings. The minimum atomic E-state index is 0.804. The van der Waals surface area contributed by atoms with Gasteiger partial charge in [0.05, 0.1) is 5.29 Å². The van der Waals surface area contributed by atoms with E-state index in [1.807, 2.05) is 0 Å². The van der Waals surface area contributed by atoms with E-state index in [-0.39, 0.29) is 0 Å². The van der Waals surface area contributed by atoms with Crippen molar-refractivity contribution in [1.29, 1.82) is 5.26 Å². The minimum absolute atomic E-state index is 0.804. The van der Waals surface area contributed by atoms with Gasteiger partial charge in [-0.05, 0) is 0 Å². The molecule has 0 saturated heterocycles. The zero-order valence-electron chi connectivity index (χ0n) is 3.81. The number of nitriles is 1. The van der Waals surface area contributed by atoms with Gasteiger partial charge in [-0.3, -0.25) is 0 Å². The van der Waals surface area contributed by atoms with Crippen molar-refractivity contribution < 1.29 is 0 Å². The third-order valence-electron chi connectivity index (χ3n) is 0.803. The molecule has 0 unspecified atom stereocenters. The van der Waals surface area contributed by atoms with Crippen LogP contribution in [0.5, 0.6) is 0 Å². The average molecular weight is 112 g/mol. The molecule has 0 fully saturated rings. The van der Waals surface area contributed by atoms with E-state index >= 15 is 0 Å². The number of nitrogens with zero attached hydrogens (tertiary/aromatic N) is 1. The molecule has 1 aliphatic heterocycles. The third kappa shape index (κ3) is 0.991. The van der Waals surface area contributed by atoms with Crippen molar-refractivity contribution in [1.82, 2.24) is 5.32 Å². The topological polar surface area (TPSA) is 35.8 Å². The van der Waals surface area contributed by atoms with Crippen molar-refractivity contribution in [3.8, 4) is 6.07 Å². The van der Waals surface area contributed by atoms with Crippen molar-refractivity contribution in [2.24, 2.45) is 0 Å². The Morgan fingerprint density at radius 2 is 2.71 bits per heavy atom. The molecule has 0 aromatic rings. The second kappa shape index (κ2) is 2.07. The van der Waals surface area contributed by atoms with Gasteiger partial charge in [0.25, 0.3) is 0 Å². The Kier molecular flexibility index (Phi) is 1.41. The number of hydrogen-bond donors (Lipinski definition) is 1. The van der Waals surface area contributed by atoms with Gasteiger partial charge in [0, 0.05) is 12.8 Å². The predicted molar refractivity (Wildman–Crippen MR) is 30.4 cm³/mol. The predicted octanol–water partition coefficient (Wildman–Crippen LogP) is 0.189. The lowest BCUT2D eigenvalue weighted by molar-refractivity contribution is 0.939. The molecule has 1 heterocycles. The molecule has 0 amide bonds. The standard InChI is InChI=1S/C4H5N2P/c5-1-4-2-6-3-7-4/h6H,2-3H2. The Hall–Kier alpha value is -0.380.